The number of rotatable bonds is 6. The molecule has 3 aromatic rings. The van der Waals surface area contributed by atoms with Crippen LogP contribution >= 0.6 is 24.2 Å². The maximum Gasteiger partial charge on any atom is 0.335 e. The highest BCUT2D eigenvalue weighted by Gasteiger charge is 2.08. The summed E-state index contributed by atoms with van der Waals surface area (Å²) in [7, 11) is 0. The van der Waals surface area contributed by atoms with Crippen molar-refractivity contribution in [1.82, 2.24) is 4.98 Å². The Bertz CT molecular complexity index is 940. The number of carboxylic acids is 1. The summed E-state index contributed by atoms with van der Waals surface area (Å²) in [6.45, 7) is 0.423. The molecular weight excluding hydrogens is 412 g/mol. The van der Waals surface area contributed by atoms with Gasteiger partial charge in [0.25, 0.3) is 0 Å². The smallest absolute Gasteiger partial charge is 0.335 e. The van der Waals surface area contributed by atoms with Gasteiger partial charge in [0.1, 0.15) is 12.4 Å². The number of thiol groups is 1. The fraction of sp³-hybridized carbons (Fsp3) is 0.0952. The largest absolute Gasteiger partial charge is 0.487 e. The summed E-state index contributed by atoms with van der Waals surface area (Å²) < 4.78 is 5.73. The average molecular weight is 431 g/mol. The quantitative estimate of drug-likeness (QED) is 0.498. The van der Waals surface area contributed by atoms with Gasteiger partial charge in [-0.1, -0.05) is 41.9 Å². The molecule has 6 nitrogen and oxygen atoms in total. The molecule has 29 heavy (non-hydrogen) atoms. The van der Waals surface area contributed by atoms with E-state index >= 15 is 0 Å². The van der Waals surface area contributed by atoms with Gasteiger partial charge in [-0.3, -0.25) is 9.78 Å². The monoisotopic (exact) mass is 430 g/mol. The molecule has 0 unspecified atom stereocenters. The van der Waals surface area contributed by atoms with Crippen molar-refractivity contribution in [1.29, 1.82) is 0 Å². The number of ether oxygens (including phenoxy) is 1. The molecule has 0 spiro atoms. The van der Waals surface area contributed by atoms with E-state index in [1.54, 1.807) is 18.2 Å². The summed E-state index contributed by atoms with van der Waals surface area (Å²) >= 11 is 9.86. The second-order valence-corrected chi connectivity index (χ2v) is 6.41. The standard InChI is InChI=1S/C15H14ClNO2S.C6H5NO2/c16-12-6-7-14(13(8-12)17-15(18)10-20)19-9-11-4-2-1-3-5-11;8-6(9)5-1-3-7-4-2-5/h1-8,20H,9-10H2,(H,17,18);1-4H,(H,8,9). The number of anilines is 1. The Morgan fingerprint density at radius 3 is 2.34 bits per heavy atom. The lowest BCUT2D eigenvalue weighted by atomic mass is 10.2. The molecule has 8 heteroatoms. The first-order valence-electron chi connectivity index (χ1n) is 8.50. The fourth-order valence-electron chi connectivity index (χ4n) is 2.15. The topological polar surface area (TPSA) is 88.5 Å². The number of hydrogen-bond acceptors (Lipinski definition) is 5. The van der Waals surface area contributed by atoms with E-state index in [9.17, 15) is 9.59 Å². The van der Waals surface area contributed by atoms with Crippen LogP contribution in [0.3, 0.4) is 0 Å². The van der Waals surface area contributed by atoms with Gasteiger partial charge in [0.05, 0.1) is 17.0 Å². The number of benzene rings is 2. The number of pyridine rings is 1. The summed E-state index contributed by atoms with van der Waals surface area (Å²) in [5.41, 5.74) is 1.87. The van der Waals surface area contributed by atoms with Crippen LogP contribution < -0.4 is 10.1 Å². The minimum absolute atomic E-state index is 0.102. The minimum atomic E-state index is -0.919. The molecule has 0 saturated carbocycles. The molecule has 0 aliphatic carbocycles. The van der Waals surface area contributed by atoms with Gasteiger partial charge in [-0.15, -0.1) is 0 Å². The van der Waals surface area contributed by atoms with E-state index in [0.29, 0.717) is 23.1 Å². The van der Waals surface area contributed by atoms with E-state index in [1.807, 2.05) is 30.3 Å². The van der Waals surface area contributed by atoms with Crippen LogP contribution in [-0.4, -0.2) is 27.7 Å². The van der Waals surface area contributed by atoms with Crippen molar-refractivity contribution in [2.45, 2.75) is 6.61 Å². The lowest BCUT2D eigenvalue weighted by Crippen LogP contribution is -2.13. The third-order valence-electron chi connectivity index (χ3n) is 3.52. The lowest BCUT2D eigenvalue weighted by molar-refractivity contribution is -0.113. The van der Waals surface area contributed by atoms with Crippen molar-refractivity contribution in [2.75, 3.05) is 11.1 Å². The van der Waals surface area contributed by atoms with Crippen LogP contribution in [0, 0.1) is 0 Å². The summed E-state index contributed by atoms with van der Waals surface area (Å²) in [6.07, 6.45) is 2.90. The zero-order valence-electron chi connectivity index (χ0n) is 15.3. The van der Waals surface area contributed by atoms with E-state index in [4.69, 9.17) is 21.4 Å². The zero-order chi connectivity index (χ0) is 21.1. The predicted octanol–water partition coefficient (Wildman–Crippen LogP) is 4.57. The zero-order valence-corrected chi connectivity index (χ0v) is 16.9. The van der Waals surface area contributed by atoms with E-state index in [1.165, 1.54) is 24.5 Å². The molecule has 1 heterocycles. The molecule has 0 bridgehead atoms. The van der Waals surface area contributed by atoms with Crippen LogP contribution in [0.5, 0.6) is 5.75 Å². The normalized spacial score (nSPS) is 9.72. The Hall–Kier alpha value is -3.03. The second kappa shape index (κ2) is 11.7. The van der Waals surface area contributed by atoms with Crippen LogP contribution in [0.2, 0.25) is 5.02 Å². The first-order valence-corrected chi connectivity index (χ1v) is 9.51. The summed E-state index contributed by atoms with van der Waals surface area (Å²) in [6, 6.07) is 17.8. The molecular formula is C21H19ClN2O4S. The van der Waals surface area contributed by atoms with Crippen LogP contribution in [0.1, 0.15) is 15.9 Å². The van der Waals surface area contributed by atoms with Crippen LogP contribution in [0.15, 0.2) is 73.1 Å². The fourth-order valence-corrected chi connectivity index (χ4v) is 2.40. The Kier molecular flexibility index (Phi) is 9.01. The summed E-state index contributed by atoms with van der Waals surface area (Å²) in [5, 5.41) is 11.6. The second-order valence-electron chi connectivity index (χ2n) is 5.66. The van der Waals surface area contributed by atoms with Gasteiger partial charge in [-0.2, -0.15) is 12.6 Å². The maximum atomic E-state index is 11.4. The van der Waals surface area contributed by atoms with Gasteiger partial charge in [-0.05, 0) is 35.9 Å². The lowest BCUT2D eigenvalue weighted by Gasteiger charge is -2.12. The molecule has 150 valence electrons. The molecule has 1 aromatic heterocycles. The molecule has 0 aliphatic rings. The third kappa shape index (κ3) is 7.85. The summed E-state index contributed by atoms with van der Waals surface area (Å²) in [5.74, 6) is -0.448. The first kappa shape index (κ1) is 22.3. The molecule has 2 aromatic carbocycles. The number of amides is 1. The number of aromatic nitrogens is 1. The van der Waals surface area contributed by atoms with E-state index in [2.05, 4.69) is 22.9 Å². The van der Waals surface area contributed by atoms with Gasteiger partial charge >= 0.3 is 5.97 Å². The Morgan fingerprint density at radius 2 is 1.76 bits per heavy atom. The Balaban J connectivity index is 0.000000278. The number of nitrogens with zero attached hydrogens (tertiary/aromatic N) is 1. The minimum Gasteiger partial charge on any atom is -0.487 e. The molecule has 1 amide bonds. The molecule has 0 saturated heterocycles. The van der Waals surface area contributed by atoms with Gasteiger partial charge in [0.15, 0.2) is 0 Å². The van der Waals surface area contributed by atoms with Crippen LogP contribution in [0.4, 0.5) is 5.69 Å². The molecule has 0 atom stereocenters. The van der Waals surface area contributed by atoms with Crippen LogP contribution in [0.25, 0.3) is 0 Å². The van der Waals surface area contributed by atoms with Crippen molar-refractivity contribution in [3.63, 3.8) is 0 Å². The number of halogens is 1. The number of carboxylic acid groups (broad SMARTS) is 1. The van der Waals surface area contributed by atoms with Gasteiger partial charge in [0, 0.05) is 17.4 Å². The van der Waals surface area contributed by atoms with Crippen LogP contribution in [-0.2, 0) is 11.4 Å². The Morgan fingerprint density at radius 1 is 1.07 bits per heavy atom. The van der Waals surface area contributed by atoms with Crippen molar-refractivity contribution < 1.29 is 19.4 Å². The number of nitrogens with one attached hydrogen (secondary N) is 1. The highest BCUT2D eigenvalue weighted by Crippen LogP contribution is 2.28. The number of hydrogen-bond donors (Lipinski definition) is 3. The van der Waals surface area contributed by atoms with Crippen molar-refractivity contribution >= 4 is 41.8 Å². The number of carbonyl (C=O) groups excluding carboxylic acids is 1. The SMILES string of the molecule is O=C(CS)Nc1cc(Cl)ccc1OCc1ccccc1.O=C(O)c1ccncc1. The van der Waals surface area contributed by atoms with Crippen molar-refractivity contribution in [3.8, 4) is 5.75 Å². The van der Waals surface area contributed by atoms with E-state index in [-0.39, 0.29) is 17.2 Å². The average Bonchev–Trinajstić information content (AvgIpc) is 2.75. The third-order valence-corrected chi connectivity index (χ3v) is 4.05. The first-order chi connectivity index (χ1) is 14.0. The van der Waals surface area contributed by atoms with Gasteiger partial charge in [0.2, 0.25) is 5.91 Å². The van der Waals surface area contributed by atoms with Crippen molar-refractivity contribution in [2.24, 2.45) is 0 Å². The van der Waals surface area contributed by atoms with Gasteiger partial charge in [-0.25, -0.2) is 4.79 Å². The van der Waals surface area contributed by atoms with E-state index < -0.39 is 5.97 Å². The molecule has 3 rings (SSSR count). The molecule has 0 aliphatic heterocycles. The van der Waals surface area contributed by atoms with Crippen molar-refractivity contribution in [3.05, 3.63) is 89.2 Å². The molecule has 0 fully saturated rings. The Labute approximate surface area is 178 Å². The predicted molar refractivity (Wildman–Crippen MR) is 116 cm³/mol. The summed E-state index contributed by atoms with van der Waals surface area (Å²) in [4.78, 5) is 25.3. The maximum absolute atomic E-state index is 11.4. The van der Waals surface area contributed by atoms with E-state index in [0.717, 1.165) is 5.56 Å². The highest BCUT2D eigenvalue weighted by atomic mass is 35.5. The molecule has 2 N–H and O–H groups in total. The van der Waals surface area contributed by atoms with Gasteiger partial charge < -0.3 is 15.2 Å². The number of carbonyl (C=O) groups is 2. The molecule has 0 radical (unpaired) electrons. The number of aromatic carboxylic acids is 1. The highest BCUT2D eigenvalue weighted by molar-refractivity contribution is 7.81.